The molecule has 4 bridgehead atoms. The molecule has 48 heavy (non-hydrogen) atoms. The Hall–Kier alpha value is -4.94. The van der Waals surface area contributed by atoms with E-state index in [1.54, 1.807) is 0 Å². The van der Waals surface area contributed by atoms with Crippen LogP contribution in [-0.2, 0) is 12.8 Å². The molecule has 3 heterocycles. The van der Waals surface area contributed by atoms with Crippen molar-refractivity contribution in [3.05, 3.63) is 119 Å². The largest absolute Gasteiger partial charge is 0.286 e. The van der Waals surface area contributed by atoms with E-state index in [4.69, 9.17) is 47.4 Å². The lowest BCUT2D eigenvalue weighted by molar-refractivity contribution is 0.680. The van der Waals surface area contributed by atoms with Gasteiger partial charge in [0.25, 0.3) is 0 Å². The summed E-state index contributed by atoms with van der Waals surface area (Å²) in [5.74, 6) is 0. The minimum Gasteiger partial charge on any atom is -0.286 e. The molecule has 0 N–H and O–H groups in total. The molecular weight excluding hydrogens is 633 g/mol. The molecule has 2 aromatic carbocycles. The van der Waals surface area contributed by atoms with Gasteiger partial charge in [0.2, 0.25) is 0 Å². The van der Waals surface area contributed by atoms with Crippen LogP contribution in [0.1, 0.15) is 61.6 Å². The van der Waals surface area contributed by atoms with Crippen LogP contribution in [0.15, 0.2) is 115 Å². The number of benzene rings is 2. The van der Waals surface area contributed by atoms with Crippen molar-refractivity contribution in [3.63, 3.8) is 0 Å². The molecule has 0 spiro atoms. The zero-order valence-electron chi connectivity index (χ0n) is 27.5. The third kappa shape index (κ3) is 9.55. The fourth-order valence-electron chi connectivity index (χ4n) is 5.35. The predicted octanol–water partition coefficient (Wildman–Crippen LogP) is 7.96. The van der Waals surface area contributed by atoms with E-state index in [1.165, 1.54) is 0 Å². The smallest absolute Gasteiger partial charge is 0.138 e. The van der Waals surface area contributed by atoms with Crippen molar-refractivity contribution in [2.75, 3.05) is 13.1 Å². The molecule has 8 nitrogen and oxygen atoms in total. The summed E-state index contributed by atoms with van der Waals surface area (Å²) in [6.45, 7) is 8.93. The molecule has 1 aliphatic rings. The molecule has 2 aromatic heterocycles. The highest BCUT2D eigenvalue weighted by atomic mass is 32.2. The zero-order chi connectivity index (χ0) is 33.9. The van der Waals surface area contributed by atoms with E-state index >= 15 is 0 Å². The number of hydrogen-bond acceptors (Lipinski definition) is 10. The lowest BCUT2D eigenvalue weighted by atomic mass is 10.1. The Morgan fingerprint density at radius 3 is 1.54 bits per heavy atom. The highest BCUT2D eigenvalue weighted by Gasteiger charge is 2.15. The van der Waals surface area contributed by atoms with Crippen molar-refractivity contribution < 1.29 is 0 Å². The summed E-state index contributed by atoms with van der Waals surface area (Å²) in [6, 6.07) is 27.7. The first-order valence-corrected chi connectivity index (χ1v) is 16.9. The van der Waals surface area contributed by atoms with Gasteiger partial charge in [0, 0.05) is 4.90 Å². The molecule has 0 radical (unpaired) electrons. The fourth-order valence-corrected chi connectivity index (χ4v) is 5.84. The van der Waals surface area contributed by atoms with Crippen molar-refractivity contribution in [2.24, 2.45) is 25.0 Å². The van der Waals surface area contributed by atoms with Crippen LogP contribution < -0.4 is 0 Å². The quantitative estimate of drug-likeness (QED) is 0.0896. The Kier molecular flexibility index (Phi) is 12.0. The molecule has 0 saturated heterocycles. The Labute approximate surface area is 291 Å². The topological polar surface area (TPSA) is 111 Å². The second kappa shape index (κ2) is 16.8. The average Bonchev–Trinajstić information content (AvgIpc) is 3.10. The standard InChI is InChI=1S/C38H36N8S2/c1-25-35-7-6-10-38(46-35)28(4)44-33(20-30-13-17-34(18-14-30)48-23-39)22-41-26(2)36-8-5-9-37(45-36)27(3)43-32(21-40-25)19-29-11-15-31(16-12-29)42-24-47/h5-18,32-33H,19-22H2,1-4H3/t32-,33?/m0/s1. The molecule has 5 rings (SSSR count). The number of pyridine rings is 2. The highest BCUT2D eigenvalue weighted by Crippen LogP contribution is 2.19. The van der Waals surface area contributed by atoms with Gasteiger partial charge in [0.05, 0.1) is 81.6 Å². The zero-order valence-corrected chi connectivity index (χ0v) is 29.1. The number of thiocyanates is 1. The molecule has 1 aliphatic heterocycles. The number of isothiocyanates is 1. The van der Waals surface area contributed by atoms with Crippen molar-refractivity contribution in [1.82, 2.24) is 9.97 Å². The average molecular weight is 669 g/mol. The minimum atomic E-state index is -0.129. The van der Waals surface area contributed by atoms with E-state index in [0.717, 1.165) is 79.1 Å². The van der Waals surface area contributed by atoms with Crippen LogP contribution in [0.4, 0.5) is 5.69 Å². The molecule has 0 amide bonds. The van der Waals surface area contributed by atoms with Gasteiger partial charge in [-0.15, -0.1) is 0 Å². The lowest BCUT2D eigenvalue weighted by Crippen LogP contribution is -2.19. The number of hydrogen-bond donors (Lipinski definition) is 0. The normalized spacial score (nSPS) is 16.9. The summed E-state index contributed by atoms with van der Waals surface area (Å²) in [7, 11) is 0. The van der Waals surface area contributed by atoms with Gasteiger partial charge in [-0.25, -0.2) is 9.97 Å². The Morgan fingerprint density at radius 1 is 0.667 bits per heavy atom. The van der Waals surface area contributed by atoms with E-state index in [2.05, 4.69) is 27.7 Å². The molecule has 0 fully saturated rings. The van der Waals surface area contributed by atoms with Crippen LogP contribution >= 0.6 is 24.0 Å². The summed E-state index contributed by atoms with van der Waals surface area (Å²) in [6.07, 6.45) is 1.38. The van der Waals surface area contributed by atoms with Gasteiger partial charge in [0.1, 0.15) is 5.40 Å². The maximum absolute atomic E-state index is 9.03. The van der Waals surface area contributed by atoms with Crippen molar-refractivity contribution >= 4 is 57.7 Å². The summed E-state index contributed by atoms with van der Waals surface area (Å²) in [5, 5.41) is 13.6. The molecule has 10 heteroatoms. The van der Waals surface area contributed by atoms with Crippen LogP contribution in [-0.4, -0.2) is 63.1 Å². The van der Waals surface area contributed by atoms with Gasteiger partial charge in [0.15, 0.2) is 0 Å². The lowest BCUT2D eigenvalue weighted by Gasteiger charge is -2.15. The Bertz CT molecular complexity index is 1970. The first-order chi connectivity index (χ1) is 23.3. The number of thioether (sulfide) groups is 1. The molecule has 4 aromatic rings. The molecule has 0 aliphatic carbocycles. The summed E-state index contributed by atoms with van der Waals surface area (Å²) < 4.78 is 0. The number of rotatable bonds is 6. The summed E-state index contributed by atoms with van der Waals surface area (Å²) >= 11 is 5.91. The summed E-state index contributed by atoms with van der Waals surface area (Å²) in [5.41, 5.74) is 9.56. The van der Waals surface area contributed by atoms with E-state index in [1.807, 2.05) is 100 Å². The van der Waals surface area contributed by atoms with Gasteiger partial charge >= 0.3 is 0 Å². The fraction of sp³-hybridized carbons (Fsp3) is 0.263. The number of thiocarbonyl (C=S) groups is 1. The SMILES string of the molecule is CC1=NC[C@H](Cc2ccc(N=C=S)cc2)N=C(C)c2cccc(n2)C(C)=NCC(Cc2ccc(SC#N)cc2)N=C(C)c2cccc1n2. The van der Waals surface area contributed by atoms with Gasteiger partial charge in [-0.1, -0.05) is 36.4 Å². The van der Waals surface area contributed by atoms with Gasteiger partial charge in [-0.2, -0.15) is 10.3 Å². The van der Waals surface area contributed by atoms with E-state index in [9.17, 15) is 0 Å². The van der Waals surface area contributed by atoms with Gasteiger partial charge < -0.3 is 0 Å². The first kappa shape index (κ1) is 34.4. The Morgan fingerprint density at radius 2 is 1.10 bits per heavy atom. The maximum Gasteiger partial charge on any atom is 0.138 e. The van der Waals surface area contributed by atoms with Crippen LogP contribution in [0, 0.1) is 10.7 Å². The maximum atomic E-state index is 9.03. The third-order valence-corrected chi connectivity index (χ3v) is 8.64. The highest BCUT2D eigenvalue weighted by molar-refractivity contribution is 8.03. The number of aromatic nitrogens is 2. The van der Waals surface area contributed by atoms with Gasteiger partial charge in [-0.05, 0) is 124 Å². The number of nitriles is 1. The predicted molar refractivity (Wildman–Crippen MR) is 201 cm³/mol. The van der Waals surface area contributed by atoms with E-state index in [0.29, 0.717) is 25.9 Å². The van der Waals surface area contributed by atoms with Crippen LogP contribution in [0.25, 0.3) is 0 Å². The van der Waals surface area contributed by atoms with Crippen LogP contribution in [0.5, 0.6) is 0 Å². The molecule has 2 atom stereocenters. The Balaban J connectivity index is 1.52. The summed E-state index contributed by atoms with van der Waals surface area (Å²) in [4.78, 5) is 35.1. The van der Waals surface area contributed by atoms with E-state index in [-0.39, 0.29) is 12.1 Å². The molecule has 0 saturated carbocycles. The number of aliphatic imine (C=N–C) groups is 5. The van der Waals surface area contributed by atoms with Crippen molar-refractivity contribution in [1.29, 1.82) is 5.26 Å². The van der Waals surface area contributed by atoms with Crippen LogP contribution in [0.2, 0.25) is 0 Å². The van der Waals surface area contributed by atoms with Crippen molar-refractivity contribution in [3.8, 4) is 5.40 Å². The first-order valence-electron chi connectivity index (χ1n) is 15.7. The second-order valence-electron chi connectivity index (χ2n) is 11.5. The van der Waals surface area contributed by atoms with E-state index < -0.39 is 0 Å². The number of nitrogens with zero attached hydrogens (tertiary/aromatic N) is 8. The molecular formula is C38H36N8S2. The van der Waals surface area contributed by atoms with Gasteiger partial charge in [-0.3, -0.25) is 20.0 Å². The second-order valence-corrected chi connectivity index (χ2v) is 12.6. The monoisotopic (exact) mass is 668 g/mol. The van der Waals surface area contributed by atoms with Crippen molar-refractivity contribution in [2.45, 2.75) is 57.5 Å². The minimum absolute atomic E-state index is 0.126. The molecule has 240 valence electrons. The third-order valence-electron chi connectivity index (χ3n) is 7.95. The molecule has 1 unspecified atom stereocenters. The number of fused-ring (bicyclic) bond motifs is 4. The van der Waals surface area contributed by atoms with Crippen LogP contribution in [0.3, 0.4) is 0 Å².